The zero-order valence-corrected chi connectivity index (χ0v) is 36.5. The van der Waals surface area contributed by atoms with E-state index in [9.17, 15) is 67.2 Å². The van der Waals surface area contributed by atoms with Crippen molar-refractivity contribution in [2.45, 2.75) is 19.6 Å². The first-order valence-corrected chi connectivity index (χ1v) is 23.1. The van der Waals surface area contributed by atoms with Gasteiger partial charge in [-0.3, -0.25) is 0 Å². The molecule has 0 unspecified atom stereocenters. The van der Waals surface area contributed by atoms with Crippen LogP contribution in [-0.4, -0.2) is 57.0 Å². The number of phenolic OH excluding ortho intramolecular Hbond substituents is 1. The Bertz CT molecular complexity index is 3460. The third kappa shape index (κ3) is 12.8. The van der Waals surface area contributed by atoms with Crippen LogP contribution < -0.4 is 10.2 Å². The average Bonchev–Trinajstić information content (AvgIpc) is 3.24. The molecule has 1 N–H and O–H groups in total. The Morgan fingerprint density at radius 1 is 0.409 bits per heavy atom. The topological polar surface area (TPSA) is 394 Å². The van der Waals surface area contributed by atoms with E-state index in [0.29, 0.717) is 11.8 Å². The molecule has 1 radical (unpaired) electrons. The van der Waals surface area contributed by atoms with Crippen LogP contribution in [0.25, 0.3) is 12.2 Å². The first-order valence-electron chi connectivity index (χ1n) is 17.5. The molecule has 0 atom stereocenters. The van der Waals surface area contributed by atoms with Gasteiger partial charge in [0.1, 0.15) is 51.9 Å². The minimum atomic E-state index is -5.29. The SMILES string of the molecule is O=S(=O)([O-])c1ccc(N=Nc2ccc(N=Nc3ccc(C=Cc4ccc(N=Nc5c(O)ccc(N=Nc6cc(S(=O)(=O)[O-])ccc6[O-])c5[O-])cc4S(=O)(=O)[O-])c(S(=O)(=O)[O-])c3)cc2)cc1.[Cu+2]. The molecule has 0 saturated carbocycles. The van der Waals surface area contributed by atoms with E-state index in [2.05, 4.69) is 40.9 Å². The number of hydrogen-bond donors (Lipinski definition) is 1. The van der Waals surface area contributed by atoms with E-state index in [1.807, 2.05) is 0 Å². The van der Waals surface area contributed by atoms with Gasteiger partial charge in [-0.25, -0.2) is 33.7 Å². The molecule has 0 bridgehead atoms. The van der Waals surface area contributed by atoms with Crippen LogP contribution in [0.1, 0.15) is 11.1 Å². The van der Waals surface area contributed by atoms with Gasteiger partial charge in [0.2, 0.25) is 0 Å². The molecule has 0 spiro atoms. The molecule has 0 fully saturated rings. The molecule has 0 aliphatic heterocycles. The fraction of sp³-hybridized carbons (Fsp3) is 0. The van der Waals surface area contributed by atoms with E-state index in [1.165, 1.54) is 48.5 Å². The Labute approximate surface area is 384 Å². The van der Waals surface area contributed by atoms with Gasteiger partial charge in [-0.2, -0.15) is 35.8 Å². The molecule has 0 amide bonds. The molecule has 28 heteroatoms. The number of aromatic hydroxyl groups is 1. The molecule has 0 aromatic heterocycles. The van der Waals surface area contributed by atoms with E-state index < -0.39 is 94.4 Å². The summed E-state index contributed by atoms with van der Waals surface area (Å²) in [6, 6.07) is 21.0. The summed E-state index contributed by atoms with van der Waals surface area (Å²) in [6.45, 7) is 0. The average molecular weight is 1020 g/mol. The van der Waals surface area contributed by atoms with Crippen molar-refractivity contribution in [3.63, 3.8) is 0 Å². The molecule has 6 aromatic carbocycles. The second-order valence-electron chi connectivity index (χ2n) is 12.8. The Morgan fingerprint density at radius 3 is 1.26 bits per heavy atom. The number of azo groups is 4. The van der Waals surface area contributed by atoms with Gasteiger partial charge in [-0.15, -0.1) is 5.11 Å². The number of nitrogens with zero attached hydrogens (tertiary/aromatic N) is 8. The summed E-state index contributed by atoms with van der Waals surface area (Å²) in [6.07, 6.45) is 2.06. The predicted octanol–water partition coefficient (Wildman–Crippen LogP) is 6.99. The second-order valence-corrected chi connectivity index (χ2v) is 18.3. The van der Waals surface area contributed by atoms with Crippen LogP contribution in [-0.2, 0) is 57.5 Å². The maximum atomic E-state index is 13.0. The molecule has 23 nitrogen and oxygen atoms in total. The molecule has 0 aliphatic carbocycles. The Kier molecular flexibility index (Phi) is 15.2. The summed E-state index contributed by atoms with van der Waals surface area (Å²) >= 11 is 0. The summed E-state index contributed by atoms with van der Waals surface area (Å²) in [5.41, 5.74) is -1.98. The summed E-state index contributed by atoms with van der Waals surface area (Å²) in [7, 11) is -20.1. The Balaban J connectivity index is 0.00000817. The smallest absolute Gasteiger partial charge is 0.871 e. The first kappa shape index (κ1) is 50.0. The summed E-state index contributed by atoms with van der Waals surface area (Å²) < 4.78 is 141. The van der Waals surface area contributed by atoms with E-state index in [0.717, 1.165) is 72.8 Å². The molecule has 6 aromatic rings. The molecule has 343 valence electrons. The van der Waals surface area contributed by atoms with Crippen molar-refractivity contribution in [3.8, 4) is 17.2 Å². The fourth-order valence-electron chi connectivity index (χ4n) is 5.23. The third-order valence-corrected chi connectivity index (χ3v) is 11.8. The fourth-order valence-corrected chi connectivity index (χ4v) is 7.57. The van der Waals surface area contributed by atoms with Crippen molar-refractivity contribution < 1.29 is 84.3 Å². The molecule has 66 heavy (non-hydrogen) atoms. The van der Waals surface area contributed by atoms with Gasteiger partial charge in [0, 0.05) is 0 Å². The minimum absolute atomic E-state index is 0. The van der Waals surface area contributed by atoms with Crippen molar-refractivity contribution in [3.05, 3.63) is 126 Å². The third-order valence-electron chi connectivity index (χ3n) is 8.35. The standard InChI is InChI=1S/C38H28N8O15S4.Cu/c47-33-17-15-30(63(53,54)55)21-32(33)45-44-31-16-18-34(48)37(38(31)49)46-43-28-6-4-23(36(20-28)65(59,60)61)2-1-22-3-5-27(19-35(22)64(56,57)58)42-41-25-9-7-24(8-10-25)39-40-26-11-13-29(14-12-26)62(50,51)52;/h1-21,47-49H,(H,50,51,52)(H,53,54,55)(H,56,57,58)(H,59,60,61);/q;+2/p-6. The second kappa shape index (κ2) is 20.0. The van der Waals surface area contributed by atoms with Crippen LogP contribution in [0.15, 0.2) is 176 Å². The van der Waals surface area contributed by atoms with Crippen LogP contribution >= 0.6 is 0 Å². The Hall–Kier alpha value is -6.98. The maximum absolute atomic E-state index is 13.0. The summed E-state index contributed by atoms with van der Waals surface area (Å²) in [5.74, 6) is -2.71. The molecule has 6 rings (SSSR count). The maximum Gasteiger partial charge on any atom is 2.00 e. The largest absolute Gasteiger partial charge is 2.00 e. The minimum Gasteiger partial charge on any atom is -0.871 e. The van der Waals surface area contributed by atoms with Crippen LogP contribution in [0.2, 0.25) is 0 Å². The molecule has 0 aliphatic rings. The number of hydrogen-bond acceptors (Lipinski definition) is 23. The van der Waals surface area contributed by atoms with Crippen LogP contribution in [0.5, 0.6) is 17.2 Å². The molecular formula is C38H22CuN8O15S4-4. The summed E-state index contributed by atoms with van der Waals surface area (Å²) in [4.78, 5) is -2.90. The van der Waals surface area contributed by atoms with Crippen LogP contribution in [0.3, 0.4) is 0 Å². The van der Waals surface area contributed by atoms with Crippen molar-refractivity contribution in [1.29, 1.82) is 0 Å². The van der Waals surface area contributed by atoms with Crippen LogP contribution in [0, 0.1) is 0 Å². The zero-order valence-electron chi connectivity index (χ0n) is 32.3. The molecule has 0 heterocycles. The number of phenols is 1. The molecular weight excluding hydrogens is 1000 g/mol. The van der Waals surface area contributed by atoms with Crippen molar-refractivity contribution in [1.82, 2.24) is 0 Å². The van der Waals surface area contributed by atoms with Gasteiger partial charge < -0.3 is 33.5 Å². The number of benzene rings is 6. The van der Waals surface area contributed by atoms with E-state index >= 15 is 0 Å². The van der Waals surface area contributed by atoms with Gasteiger partial charge in [0.05, 0.1) is 59.4 Å². The van der Waals surface area contributed by atoms with E-state index in [4.69, 9.17) is 0 Å². The van der Waals surface area contributed by atoms with Crippen LogP contribution in [0.4, 0.5) is 45.5 Å². The normalized spacial score (nSPS) is 12.8. The van der Waals surface area contributed by atoms with Crippen molar-refractivity contribution in [2.24, 2.45) is 40.9 Å². The van der Waals surface area contributed by atoms with E-state index in [-0.39, 0.29) is 50.9 Å². The zero-order chi connectivity index (χ0) is 47.3. The van der Waals surface area contributed by atoms with E-state index in [1.54, 1.807) is 0 Å². The van der Waals surface area contributed by atoms with Gasteiger partial charge in [-0.05, 0) is 114 Å². The summed E-state index contributed by atoms with van der Waals surface area (Å²) in [5, 5.41) is 65.7. The van der Waals surface area contributed by atoms with Gasteiger partial charge in [0.15, 0.2) is 0 Å². The predicted molar refractivity (Wildman–Crippen MR) is 217 cm³/mol. The quantitative estimate of drug-likeness (QED) is 0.0497. The van der Waals surface area contributed by atoms with Crippen molar-refractivity contribution in [2.75, 3.05) is 0 Å². The monoisotopic (exact) mass is 1020 g/mol. The number of rotatable bonds is 14. The molecule has 0 saturated heterocycles. The van der Waals surface area contributed by atoms with Crippen molar-refractivity contribution >= 4 is 98.1 Å². The van der Waals surface area contributed by atoms with Gasteiger partial charge in [-0.1, -0.05) is 36.1 Å². The Morgan fingerprint density at radius 2 is 0.803 bits per heavy atom. The van der Waals surface area contributed by atoms with Gasteiger partial charge >= 0.3 is 17.1 Å². The first-order chi connectivity index (χ1) is 30.5. The van der Waals surface area contributed by atoms with Gasteiger partial charge in [0.25, 0.3) is 0 Å².